The lowest BCUT2D eigenvalue weighted by molar-refractivity contribution is 0.796. The van der Waals surface area contributed by atoms with Crippen LogP contribution in [0.25, 0.3) is 0 Å². The SMILES string of the molecule is [B]N([B])CC=C. The average Bonchev–Trinajstić information content (AvgIpc) is 1.35. The first-order chi connectivity index (χ1) is 2.77. The van der Waals surface area contributed by atoms with Crippen molar-refractivity contribution in [1.82, 2.24) is 4.72 Å². The molecule has 6 heavy (non-hydrogen) atoms. The van der Waals surface area contributed by atoms with Crippen LogP contribution >= 0.6 is 0 Å². The summed E-state index contributed by atoms with van der Waals surface area (Å²) in [6, 6.07) is 0. The molecule has 0 aromatic rings. The van der Waals surface area contributed by atoms with Crippen molar-refractivity contribution >= 4 is 16.0 Å². The van der Waals surface area contributed by atoms with Crippen LogP contribution in [0.2, 0.25) is 0 Å². The molecule has 0 unspecified atom stereocenters. The van der Waals surface area contributed by atoms with Gasteiger partial charge < -0.3 is 4.72 Å². The molecule has 0 bridgehead atoms. The number of rotatable bonds is 2. The largest absolute Gasteiger partial charge is 0.401 e. The molecule has 0 N–H and O–H groups in total. The average molecular weight is 76.7 g/mol. The minimum absolute atomic E-state index is 0.528. The smallest absolute Gasteiger partial charge is 0.166 e. The second-order valence-corrected chi connectivity index (χ2v) is 0.985. The van der Waals surface area contributed by atoms with Crippen LogP contribution in [0.1, 0.15) is 0 Å². The van der Waals surface area contributed by atoms with Crippen LogP contribution in [0.5, 0.6) is 0 Å². The van der Waals surface area contributed by atoms with E-state index < -0.39 is 0 Å². The highest BCUT2D eigenvalue weighted by Crippen LogP contribution is 1.66. The minimum Gasteiger partial charge on any atom is -0.401 e. The van der Waals surface area contributed by atoms with Crippen LogP contribution in [-0.2, 0) is 0 Å². The highest BCUT2D eigenvalue weighted by Gasteiger charge is 1.76. The molecule has 0 aliphatic carbocycles. The Hall–Kier alpha value is -0.170. The molecule has 4 radical (unpaired) electrons. The lowest BCUT2D eigenvalue weighted by Crippen LogP contribution is -2.14. The van der Waals surface area contributed by atoms with Gasteiger partial charge >= 0.3 is 0 Å². The molecule has 0 saturated heterocycles. The summed E-state index contributed by atoms with van der Waals surface area (Å²) in [5.74, 6) is 0. The summed E-state index contributed by atoms with van der Waals surface area (Å²) in [7, 11) is 9.89. The van der Waals surface area contributed by atoms with Crippen LogP contribution in [0.3, 0.4) is 0 Å². The standard InChI is InChI=1S/C3H5B2N/c1-2-3-6(4)5/h2H,1,3H2. The first-order valence-corrected chi connectivity index (χ1v) is 1.65. The van der Waals surface area contributed by atoms with E-state index in [1.54, 1.807) is 6.08 Å². The van der Waals surface area contributed by atoms with Crippen molar-refractivity contribution in [3.8, 4) is 0 Å². The molecule has 0 amide bonds. The van der Waals surface area contributed by atoms with Crippen LogP contribution in [-0.4, -0.2) is 27.2 Å². The van der Waals surface area contributed by atoms with Crippen molar-refractivity contribution in [2.75, 3.05) is 6.54 Å². The monoisotopic (exact) mass is 77.1 g/mol. The Kier molecular flexibility index (Phi) is 2.95. The van der Waals surface area contributed by atoms with Crippen molar-refractivity contribution in [2.45, 2.75) is 0 Å². The Morgan fingerprint density at radius 2 is 2.17 bits per heavy atom. The van der Waals surface area contributed by atoms with Gasteiger partial charge in [-0.2, -0.15) is 0 Å². The maximum absolute atomic E-state index is 4.94. The fourth-order valence-corrected chi connectivity index (χ4v) is 0.149. The van der Waals surface area contributed by atoms with Crippen LogP contribution in [0.4, 0.5) is 0 Å². The fraction of sp³-hybridized carbons (Fsp3) is 0.333. The van der Waals surface area contributed by atoms with Gasteiger partial charge in [-0.15, -0.1) is 6.58 Å². The Balaban J connectivity index is 2.81. The Bertz CT molecular complexity index is 44.1. The van der Waals surface area contributed by atoms with Gasteiger partial charge in [0, 0.05) is 0 Å². The Morgan fingerprint density at radius 3 is 2.17 bits per heavy atom. The molecule has 28 valence electrons. The van der Waals surface area contributed by atoms with Gasteiger partial charge in [-0.3, -0.25) is 0 Å². The molecule has 0 aliphatic heterocycles. The third kappa shape index (κ3) is 3.83. The number of nitrogens with zero attached hydrogens (tertiary/aromatic N) is 1. The maximum Gasteiger partial charge on any atom is 0.166 e. The summed E-state index contributed by atoms with van der Waals surface area (Å²) < 4.78 is 1.06. The molecule has 1 nitrogen and oxygen atoms in total. The number of hydrogen-bond acceptors (Lipinski definition) is 1. The third-order valence-corrected chi connectivity index (χ3v) is 0.340. The molecule has 0 spiro atoms. The molecule has 0 aliphatic rings. The lowest BCUT2D eigenvalue weighted by Gasteiger charge is -2.02. The van der Waals surface area contributed by atoms with Crippen LogP contribution in [0.15, 0.2) is 12.7 Å². The first-order valence-electron chi connectivity index (χ1n) is 1.65. The summed E-state index contributed by atoms with van der Waals surface area (Å²) >= 11 is 0. The molecule has 0 aromatic heterocycles. The number of hydrogen-bond donors (Lipinski definition) is 0. The summed E-state index contributed by atoms with van der Waals surface area (Å²) in [5, 5.41) is 0. The van der Waals surface area contributed by atoms with Crippen molar-refractivity contribution in [2.24, 2.45) is 0 Å². The summed E-state index contributed by atoms with van der Waals surface area (Å²) in [4.78, 5) is 0. The summed E-state index contributed by atoms with van der Waals surface area (Å²) in [6.45, 7) is 3.93. The predicted octanol–water partition coefficient (Wildman–Crippen LogP) is -0.359. The van der Waals surface area contributed by atoms with Gasteiger partial charge in [0.05, 0.1) is 0 Å². The van der Waals surface area contributed by atoms with Crippen molar-refractivity contribution in [3.05, 3.63) is 12.7 Å². The quantitative estimate of drug-likeness (QED) is 0.321. The minimum atomic E-state index is 0.528. The second kappa shape index (κ2) is 3.04. The van der Waals surface area contributed by atoms with E-state index >= 15 is 0 Å². The second-order valence-electron chi connectivity index (χ2n) is 0.985. The molecule has 0 atom stereocenters. The van der Waals surface area contributed by atoms with Gasteiger partial charge in [0.15, 0.2) is 16.0 Å². The van der Waals surface area contributed by atoms with E-state index in [1.807, 2.05) is 0 Å². The topological polar surface area (TPSA) is 3.24 Å². The molecule has 0 aromatic carbocycles. The fourth-order valence-electron chi connectivity index (χ4n) is 0.149. The Labute approximate surface area is 40.9 Å². The normalized spacial score (nSPS) is 8.83. The highest BCUT2D eigenvalue weighted by atomic mass is 14.9. The van der Waals surface area contributed by atoms with E-state index in [0.29, 0.717) is 6.54 Å². The van der Waals surface area contributed by atoms with Gasteiger partial charge in [-0.25, -0.2) is 0 Å². The van der Waals surface area contributed by atoms with Gasteiger partial charge in [0.2, 0.25) is 0 Å². The van der Waals surface area contributed by atoms with Crippen molar-refractivity contribution in [1.29, 1.82) is 0 Å². The van der Waals surface area contributed by atoms with Crippen LogP contribution in [0, 0.1) is 0 Å². The zero-order chi connectivity index (χ0) is 4.99. The van der Waals surface area contributed by atoms with E-state index in [4.69, 9.17) is 16.0 Å². The Morgan fingerprint density at radius 1 is 1.67 bits per heavy atom. The maximum atomic E-state index is 4.94. The molecule has 0 saturated carbocycles. The molecule has 3 heteroatoms. The van der Waals surface area contributed by atoms with Gasteiger partial charge in [0.1, 0.15) is 0 Å². The van der Waals surface area contributed by atoms with Crippen molar-refractivity contribution in [3.63, 3.8) is 0 Å². The van der Waals surface area contributed by atoms with Gasteiger partial charge in [-0.05, 0) is 6.54 Å². The molecule has 0 rings (SSSR count). The molecular formula is C3H5B2N. The van der Waals surface area contributed by atoms with E-state index in [2.05, 4.69) is 6.58 Å². The highest BCUT2D eigenvalue weighted by molar-refractivity contribution is 6.25. The van der Waals surface area contributed by atoms with E-state index in [-0.39, 0.29) is 0 Å². The molecule has 0 fully saturated rings. The third-order valence-electron chi connectivity index (χ3n) is 0.340. The van der Waals surface area contributed by atoms with E-state index in [1.165, 1.54) is 0 Å². The predicted molar refractivity (Wildman–Crippen MR) is 28.4 cm³/mol. The lowest BCUT2D eigenvalue weighted by atomic mass is 10.2. The van der Waals surface area contributed by atoms with Gasteiger partial charge in [-0.1, -0.05) is 6.08 Å². The summed E-state index contributed by atoms with van der Waals surface area (Å²) in [6.07, 6.45) is 1.62. The van der Waals surface area contributed by atoms with E-state index in [0.717, 1.165) is 4.72 Å². The first kappa shape index (κ1) is 5.83. The molecular weight excluding hydrogens is 71.7 g/mol. The van der Waals surface area contributed by atoms with E-state index in [9.17, 15) is 0 Å². The zero-order valence-corrected chi connectivity index (χ0v) is 3.59. The zero-order valence-electron chi connectivity index (χ0n) is 3.59. The summed E-state index contributed by atoms with van der Waals surface area (Å²) in [5.41, 5.74) is 0. The molecule has 0 heterocycles. The van der Waals surface area contributed by atoms with Crippen molar-refractivity contribution < 1.29 is 0 Å². The van der Waals surface area contributed by atoms with Crippen LogP contribution < -0.4 is 0 Å². The van der Waals surface area contributed by atoms with Gasteiger partial charge in [0.25, 0.3) is 0 Å².